The van der Waals surface area contributed by atoms with Gasteiger partial charge in [0.1, 0.15) is 11.1 Å². The molecule has 26 heavy (non-hydrogen) atoms. The highest BCUT2D eigenvalue weighted by Gasteiger charge is 2.29. The molecule has 1 N–H and O–H groups in total. The van der Waals surface area contributed by atoms with Crippen LogP contribution in [0, 0.1) is 23.2 Å². The van der Waals surface area contributed by atoms with Crippen LogP contribution in [0.4, 0.5) is 5.00 Å². The van der Waals surface area contributed by atoms with Crippen molar-refractivity contribution in [3.8, 4) is 17.9 Å². The van der Waals surface area contributed by atoms with Gasteiger partial charge in [0.2, 0.25) is 0 Å². The third-order valence-corrected chi connectivity index (χ3v) is 7.63. The molecule has 2 aliphatic rings. The first kappa shape index (κ1) is 17.4. The number of rotatable bonds is 5. The summed E-state index contributed by atoms with van der Waals surface area (Å²) in [7, 11) is 1.98. The van der Waals surface area contributed by atoms with Crippen LogP contribution in [-0.4, -0.2) is 41.6 Å². The minimum Gasteiger partial charge on any atom is -0.395 e. The van der Waals surface area contributed by atoms with E-state index >= 15 is 0 Å². The molecule has 1 aliphatic carbocycles. The van der Waals surface area contributed by atoms with Gasteiger partial charge in [-0.2, -0.15) is 5.26 Å². The van der Waals surface area contributed by atoms with Crippen LogP contribution < -0.4 is 4.90 Å². The van der Waals surface area contributed by atoms with E-state index in [2.05, 4.69) is 35.0 Å². The first-order chi connectivity index (χ1) is 12.7. The molecule has 2 atom stereocenters. The average molecular weight is 398 g/mol. The van der Waals surface area contributed by atoms with Crippen LogP contribution in [-0.2, 0) is 0 Å². The van der Waals surface area contributed by atoms with Gasteiger partial charge < -0.3 is 10.0 Å². The summed E-state index contributed by atoms with van der Waals surface area (Å²) in [6.07, 6.45) is 5.76. The van der Waals surface area contributed by atoms with E-state index in [9.17, 15) is 5.26 Å². The summed E-state index contributed by atoms with van der Waals surface area (Å²) < 4.78 is 2.39. The van der Waals surface area contributed by atoms with E-state index in [1.54, 1.807) is 34.4 Å². The Kier molecular flexibility index (Phi) is 4.88. The number of hydrogen-bond donors (Lipinski definition) is 1. The molecule has 0 bridgehead atoms. The molecule has 0 amide bonds. The molecule has 2 aromatic rings. The van der Waals surface area contributed by atoms with Crippen LogP contribution >= 0.6 is 34.4 Å². The standard InChI is InChI=1S/C19H15N3OS3/c1-22(6-7-23)18-10-17-16(25-18)9-13(24-17)8-12(11-20)19-21-14-4-2-3-5-15(14)26-19/h2,4,8-10,14-15,23H,6-7H2,1H3/b12-8+. The highest BCUT2D eigenvalue weighted by atomic mass is 32.2. The Balaban J connectivity index is 1.59. The molecule has 0 saturated carbocycles. The minimum absolute atomic E-state index is 0.0597. The number of nitrogens with zero attached hydrogens (tertiary/aromatic N) is 3. The first-order valence-electron chi connectivity index (χ1n) is 8.07. The van der Waals surface area contributed by atoms with Crippen molar-refractivity contribution in [1.82, 2.24) is 0 Å². The maximum Gasteiger partial charge on any atom is 0.110 e. The number of aliphatic imine (C=N–C) groups is 1. The summed E-state index contributed by atoms with van der Waals surface area (Å²) in [5.74, 6) is 6.13. The number of allylic oxidation sites excluding steroid dienone is 1. The molecular weight excluding hydrogens is 382 g/mol. The second-order valence-corrected chi connectivity index (χ2v) is 9.20. The highest BCUT2D eigenvalue weighted by Crippen LogP contribution is 2.39. The minimum atomic E-state index is 0.0597. The van der Waals surface area contributed by atoms with Crippen molar-refractivity contribution in [1.29, 1.82) is 5.26 Å². The van der Waals surface area contributed by atoms with E-state index in [1.165, 1.54) is 9.40 Å². The number of likely N-dealkylation sites (N-methyl/N-ethyl adjacent to an activating group) is 1. The maximum atomic E-state index is 9.59. The molecule has 0 radical (unpaired) electrons. The Morgan fingerprint density at radius 1 is 1.42 bits per heavy atom. The maximum absolute atomic E-state index is 9.59. The molecule has 0 saturated heterocycles. The predicted octanol–water partition coefficient (Wildman–Crippen LogP) is 3.75. The quantitative estimate of drug-likeness (QED) is 0.617. The largest absolute Gasteiger partial charge is 0.395 e. The Morgan fingerprint density at radius 2 is 2.27 bits per heavy atom. The van der Waals surface area contributed by atoms with E-state index in [0.717, 1.165) is 14.9 Å². The van der Waals surface area contributed by atoms with E-state index in [1.807, 2.05) is 30.2 Å². The van der Waals surface area contributed by atoms with Crippen molar-refractivity contribution in [2.24, 2.45) is 4.99 Å². The summed E-state index contributed by atoms with van der Waals surface area (Å²) in [4.78, 5) is 7.76. The first-order valence-corrected chi connectivity index (χ1v) is 10.6. The smallest absolute Gasteiger partial charge is 0.110 e. The summed E-state index contributed by atoms with van der Waals surface area (Å²) in [5, 5.41) is 20.7. The number of thioether (sulfide) groups is 1. The fraction of sp³-hybridized carbons (Fsp3) is 0.263. The molecule has 0 aromatic carbocycles. The zero-order valence-electron chi connectivity index (χ0n) is 14.0. The van der Waals surface area contributed by atoms with Gasteiger partial charge in [0.05, 0.1) is 28.5 Å². The van der Waals surface area contributed by atoms with Gasteiger partial charge in [-0.25, -0.2) is 0 Å². The Morgan fingerprint density at radius 3 is 3.00 bits per heavy atom. The summed E-state index contributed by atoms with van der Waals surface area (Å²) >= 11 is 4.95. The van der Waals surface area contributed by atoms with Crippen LogP contribution in [0.3, 0.4) is 0 Å². The fourth-order valence-electron chi connectivity index (χ4n) is 2.74. The molecule has 2 unspecified atom stereocenters. The summed E-state index contributed by atoms with van der Waals surface area (Å²) in [6.45, 7) is 0.763. The Hall–Kier alpha value is -2.03. The molecule has 4 nitrogen and oxygen atoms in total. The predicted molar refractivity (Wildman–Crippen MR) is 113 cm³/mol. The van der Waals surface area contributed by atoms with Gasteiger partial charge in [0, 0.05) is 27.9 Å². The number of anilines is 1. The molecule has 2 aromatic heterocycles. The average Bonchev–Trinajstić information content (AvgIpc) is 3.31. The topological polar surface area (TPSA) is 59.6 Å². The van der Waals surface area contributed by atoms with Crippen molar-refractivity contribution >= 4 is 60.0 Å². The van der Waals surface area contributed by atoms with Gasteiger partial charge in [-0.15, -0.1) is 22.7 Å². The zero-order chi connectivity index (χ0) is 18.1. The van der Waals surface area contributed by atoms with Gasteiger partial charge in [0.25, 0.3) is 0 Å². The lowest BCUT2D eigenvalue weighted by molar-refractivity contribution is 0.304. The van der Waals surface area contributed by atoms with Crippen LogP contribution in [0.5, 0.6) is 0 Å². The number of hydrogen-bond acceptors (Lipinski definition) is 7. The van der Waals surface area contributed by atoms with Crippen molar-refractivity contribution in [3.63, 3.8) is 0 Å². The van der Waals surface area contributed by atoms with Crippen LogP contribution in [0.1, 0.15) is 4.88 Å². The molecule has 7 heteroatoms. The second kappa shape index (κ2) is 7.30. The Labute approximate surface area is 164 Å². The lowest BCUT2D eigenvalue weighted by Gasteiger charge is -2.14. The molecule has 0 fully saturated rings. The molecule has 130 valence electrons. The molecular formula is C19H15N3OS3. The van der Waals surface area contributed by atoms with Gasteiger partial charge in [-0.3, -0.25) is 4.99 Å². The van der Waals surface area contributed by atoms with Gasteiger partial charge in [-0.1, -0.05) is 23.6 Å². The van der Waals surface area contributed by atoms with Crippen LogP contribution in [0.15, 0.2) is 34.9 Å². The molecule has 3 heterocycles. The zero-order valence-corrected chi connectivity index (χ0v) is 16.4. The highest BCUT2D eigenvalue weighted by molar-refractivity contribution is 8.15. The van der Waals surface area contributed by atoms with Crippen LogP contribution in [0.2, 0.25) is 0 Å². The molecule has 0 spiro atoms. The summed E-state index contributed by atoms with van der Waals surface area (Å²) in [6, 6.07) is 6.61. The third kappa shape index (κ3) is 3.32. The van der Waals surface area contributed by atoms with Crippen molar-refractivity contribution < 1.29 is 5.11 Å². The van der Waals surface area contributed by atoms with Crippen molar-refractivity contribution in [2.75, 3.05) is 25.1 Å². The van der Waals surface area contributed by atoms with Gasteiger partial charge >= 0.3 is 0 Å². The monoisotopic (exact) mass is 397 g/mol. The number of aliphatic hydroxyl groups is 1. The Bertz CT molecular complexity index is 1010. The normalized spacial score (nSPS) is 21.1. The second-order valence-electron chi connectivity index (χ2n) is 5.89. The van der Waals surface area contributed by atoms with Gasteiger partial charge in [0.15, 0.2) is 0 Å². The number of fused-ring (bicyclic) bond motifs is 2. The van der Waals surface area contributed by atoms with E-state index in [0.29, 0.717) is 12.1 Å². The van der Waals surface area contributed by atoms with Crippen LogP contribution in [0.25, 0.3) is 15.5 Å². The lowest BCUT2D eigenvalue weighted by atomic mass is 10.1. The van der Waals surface area contributed by atoms with E-state index < -0.39 is 0 Å². The molecule has 1 aliphatic heterocycles. The summed E-state index contributed by atoms with van der Waals surface area (Å²) in [5.41, 5.74) is 0.603. The SMILES string of the molecule is CN(CCO)c1cc2sc(/C=C(\C#N)C3=NC4C=CC#CC4S3)cc2s1. The van der Waals surface area contributed by atoms with Crippen molar-refractivity contribution in [2.45, 2.75) is 11.3 Å². The van der Waals surface area contributed by atoms with E-state index in [-0.39, 0.29) is 17.9 Å². The van der Waals surface area contributed by atoms with Gasteiger partial charge in [-0.05, 0) is 30.4 Å². The number of nitriles is 1. The third-order valence-electron chi connectivity index (χ3n) is 4.08. The number of aliphatic hydroxyl groups excluding tert-OH is 1. The van der Waals surface area contributed by atoms with Crippen molar-refractivity contribution in [3.05, 3.63) is 34.7 Å². The van der Waals surface area contributed by atoms with E-state index in [4.69, 9.17) is 5.11 Å². The fourth-order valence-corrected chi connectivity index (χ4v) is 6.14. The molecule has 4 rings (SSSR count). The number of thiophene rings is 2. The lowest BCUT2D eigenvalue weighted by Crippen LogP contribution is -2.19.